The van der Waals surface area contributed by atoms with E-state index in [1.807, 2.05) is 44.1 Å². The van der Waals surface area contributed by atoms with Crippen LogP contribution in [0, 0.1) is 5.82 Å². The summed E-state index contributed by atoms with van der Waals surface area (Å²) in [5, 5.41) is 6.52. The lowest BCUT2D eigenvalue weighted by atomic mass is 10.1. The highest BCUT2D eigenvalue weighted by Crippen LogP contribution is 2.13. The minimum Gasteiger partial charge on any atom is -0.467 e. The number of hydrogen-bond donors (Lipinski definition) is 2. The van der Waals surface area contributed by atoms with Gasteiger partial charge in [-0.1, -0.05) is 6.07 Å². The maximum Gasteiger partial charge on any atom is 0.191 e. The predicted octanol–water partition coefficient (Wildman–Crippen LogP) is 3.76. The second kappa shape index (κ2) is 14.4. The second-order valence-corrected chi connectivity index (χ2v) is 6.77. The minimum atomic E-state index is -0.180. The summed E-state index contributed by atoms with van der Waals surface area (Å²) >= 11 is 0. The summed E-state index contributed by atoms with van der Waals surface area (Å²) in [7, 11) is 3.85. The smallest absolute Gasteiger partial charge is 0.191 e. The molecule has 0 amide bonds. The molecule has 6 nitrogen and oxygen atoms in total. The lowest BCUT2D eigenvalue weighted by Gasteiger charge is -2.13. The number of guanidine groups is 1. The Hall–Kier alpha value is -1.65. The fraction of sp³-hybridized carbons (Fsp3) is 0.476. The van der Waals surface area contributed by atoms with Crippen LogP contribution in [0.4, 0.5) is 4.39 Å². The van der Waals surface area contributed by atoms with Crippen LogP contribution >= 0.6 is 24.0 Å². The first-order valence-corrected chi connectivity index (χ1v) is 9.62. The van der Waals surface area contributed by atoms with Gasteiger partial charge in [0, 0.05) is 31.8 Å². The van der Waals surface area contributed by atoms with Gasteiger partial charge in [-0.3, -0.25) is 0 Å². The molecule has 0 spiro atoms. The Morgan fingerprint density at radius 2 is 2.07 bits per heavy atom. The molecule has 2 rings (SSSR count). The van der Waals surface area contributed by atoms with Crippen molar-refractivity contribution in [2.75, 3.05) is 33.8 Å². The number of ether oxygens (including phenoxy) is 1. The standard InChI is InChI=1S/C21H31FN4O2.HI/c1-4-23-21(24-10-6-11-27-16-19-7-5-12-28-19)25-14-17-8-9-20(22)18(13-17)15-26(2)3;/h5,7-9,12-13H,4,6,10-11,14-16H2,1-3H3,(H2,23,24,25);1H. The molecule has 0 fully saturated rings. The first-order valence-electron chi connectivity index (χ1n) is 9.62. The topological polar surface area (TPSA) is 62.0 Å². The third-order valence-electron chi connectivity index (χ3n) is 3.94. The van der Waals surface area contributed by atoms with Gasteiger partial charge in [0.25, 0.3) is 0 Å². The van der Waals surface area contributed by atoms with Gasteiger partial charge in [0.2, 0.25) is 0 Å². The van der Waals surface area contributed by atoms with Crippen molar-refractivity contribution in [3.8, 4) is 0 Å². The molecule has 0 bridgehead atoms. The summed E-state index contributed by atoms with van der Waals surface area (Å²) in [5.41, 5.74) is 1.67. The van der Waals surface area contributed by atoms with Crippen molar-refractivity contribution in [3.05, 3.63) is 59.3 Å². The molecular weight excluding hydrogens is 486 g/mol. The molecule has 2 aromatic rings. The van der Waals surface area contributed by atoms with Crippen LogP contribution in [-0.4, -0.2) is 44.7 Å². The molecule has 0 aliphatic heterocycles. The van der Waals surface area contributed by atoms with E-state index in [0.29, 0.717) is 31.9 Å². The zero-order valence-electron chi connectivity index (χ0n) is 17.4. The number of aliphatic imine (C=N–C) groups is 1. The summed E-state index contributed by atoms with van der Waals surface area (Å²) in [5.74, 6) is 1.39. The average Bonchev–Trinajstić information content (AvgIpc) is 3.18. The van der Waals surface area contributed by atoms with Gasteiger partial charge in [-0.2, -0.15) is 0 Å². The highest BCUT2D eigenvalue weighted by Gasteiger charge is 2.05. The first kappa shape index (κ1) is 25.4. The van der Waals surface area contributed by atoms with Crippen LogP contribution in [0.25, 0.3) is 0 Å². The molecule has 0 saturated heterocycles. The Bertz CT molecular complexity index is 723. The normalized spacial score (nSPS) is 11.4. The average molecular weight is 518 g/mol. The summed E-state index contributed by atoms with van der Waals surface area (Å²) < 4.78 is 24.7. The van der Waals surface area contributed by atoms with Crippen LogP contribution in [0.2, 0.25) is 0 Å². The minimum absolute atomic E-state index is 0. The molecule has 0 aliphatic rings. The molecule has 0 saturated carbocycles. The lowest BCUT2D eigenvalue weighted by molar-refractivity contribution is 0.105. The SMILES string of the molecule is CCNC(=NCc1ccc(F)c(CN(C)C)c1)NCCCOCc1ccco1.I. The van der Waals surface area contributed by atoms with E-state index in [4.69, 9.17) is 9.15 Å². The molecule has 1 aromatic heterocycles. The molecule has 1 aromatic carbocycles. The zero-order chi connectivity index (χ0) is 20.2. The maximum atomic E-state index is 13.9. The number of hydrogen-bond acceptors (Lipinski definition) is 4. The molecule has 162 valence electrons. The molecular formula is C21H32FIN4O2. The van der Waals surface area contributed by atoms with Crippen LogP contribution in [0.15, 0.2) is 46.0 Å². The van der Waals surface area contributed by atoms with E-state index in [2.05, 4.69) is 15.6 Å². The van der Waals surface area contributed by atoms with Crippen molar-refractivity contribution >= 4 is 29.9 Å². The van der Waals surface area contributed by atoms with Gasteiger partial charge in [0.05, 0.1) is 12.8 Å². The van der Waals surface area contributed by atoms with Crippen LogP contribution in [0.5, 0.6) is 0 Å². The van der Waals surface area contributed by atoms with Gasteiger partial charge < -0.3 is 24.7 Å². The summed E-state index contributed by atoms with van der Waals surface area (Å²) in [4.78, 5) is 6.54. The fourth-order valence-corrected chi connectivity index (χ4v) is 2.65. The van der Waals surface area contributed by atoms with E-state index in [0.717, 1.165) is 36.8 Å². The Morgan fingerprint density at radius 1 is 1.24 bits per heavy atom. The van der Waals surface area contributed by atoms with Gasteiger partial charge in [0.15, 0.2) is 5.96 Å². The summed E-state index contributed by atoms with van der Waals surface area (Å²) in [6, 6.07) is 8.92. The quantitative estimate of drug-likeness (QED) is 0.205. The maximum absolute atomic E-state index is 13.9. The van der Waals surface area contributed by atoms with Crippen LogP contribution in [0.1, 0.15) is 30.2 Å². The monoisotopic (exact) mass is 518 g/mol. The highest BCUT2D eigenvalue weighted by atomic mass is 127. The number of rotatable bonds is 11. The van der Waals surface area contributed by atoms with E-state index >= 15 is 0 Å². The lowest BCUT2D eigenvalue weighted by Crippen LogP contribution is -2.38. The Balaban J connectivity index is 0.00000420. The van der Waals surface area contributed by atoms with Crippen molar-refractivity contribution in [3.63, 3.8) is 0 Å². The number of nitrogens with one attached hydrogen (secondary N) is 2. The van der Waals surface area contributed by atoms with Gasteiger partial charge in [-0.15, -0.1) is 24.0 Å². The molecule has 29 heavy (non-hydrogen) atoms. The zero-order valence-corrected chi connectivity index (χ0v) is 19.7. The van der Waals surface area contributed by atoms with Crippen molar-refractivity contribution in [1.82, 2.24) is 15.5 Å². The van der Waals surface area contributed by atoms with E-state index in [9.17, 15) is 4.39 Å². The first-order chi connectivity index (χ1) is 13.6. The van der Waals surface area contributed by atoms with Crippen molar-refractivity contribution in [2.24, 2.45) is 4.99 Å². The van der Waals surface area contributed by atoms with Crippen molar-refractivity contribution in [1.29, 1.82) is 0 Å². The Kier molecular flexibility index (Phi) is 12.6. The predicted molar refractivity (Wildman–Crippen MR) is 125 cm³/mol. The number of halogens is 2. The number of nitrogens with zero attached hydrogens (tertiary/aromatic N) is 2. The van der Waals surface area contributed by atoms with Gasteiger partial charge in [-0.25, -0.2) is 9.38 Å². The van der Waals surface area contributed by atoms with Crippen LogP contribution in [0.3, 0.4) is 0 Å². The van der Waals surface area contributed by atoms with Crippen LogP contribution in [-0.2, 0) is 24.4 Å². The second-order valence-electron chi connectivity index (χ2n) is 6.77. The van der Waals surface area contributed by atoms with Crippen molar-refractivity contribution < 1.29 is 13.5 Å². The Labute approximate surface area is 189 Å². The molecule has 0 radical (unpaired) electrons. The number of benzene rings is 1. The highest BCUT2D eigenvalue weighted by molar-refractivity contribution is 14.0. The van der Waals surface area contributed by atoms with E-state index in [-0.39, 0.29) is 29.8 Å². The van der Waals surface area contributed by atoms with Crippen molar-refractivity contribution in [2.45, 2.75) is 33.0 Å². The van der Waals surface area contributed by atoms with Gasteiger partial charge in [0.1, 0.15) is 18.2 Å². The number of furan rings is 1. The summed E-state index contributed by atoms with van der Waals surface area (Å²) in [6.45, 7) is 5.73. The van der Waals surface area contributed by atoms with E-state index in [1.165, 1.54) is 6.07 Å². The summed E-state index contributed by atoms with van der Waals surface area (Å²) in [6.07, 6.45) is 2.50. The molecule has 0 unspecified atom stereocenters. The van der Waals surface area contributed by atoms with Gasteiger partial charge >= 0.3 is 0 Å². The molecule has 0 aliphatic carbocycles. The molecule has 0 atom stereocenters. The molecule has 2 N–H and O–H groups in total. The fourth-order valence-electron chi connectivity index (χ4n) is 2.65. The third-order valence-corrected chi connectivity index (χ3v) is 3.94. The van der Waals surface area contributed by atoms with Gasteiger partial charge in [-0.05, 0) is 57.3 Å². The Morgan fingerprint density at radius 3 is 2.76 bits per heavy atom. The van der Waals surface area contributed by atoms with E-state index in [1.54, 1.807) is 12.3 Å². The third kappa shape index (κ3) is 10.1. The van der Waals surface area contributed by atoms with E-state index < -0.39 is 0 Å². The largest absolute Gasteiger partial charge is 0.467 e. The molecule has 8 heteroatoms. The molecule has 1 heterocycles. The van der Waals surface area contributed by atoms with Crippen LogP contribution < -0.4 is 10.6 Å².